The molecule has 0 radical (unpaired) electrons. The van der Waals surface area contributed by atoms with E-state index in [2.05, 4.69) is 32.2 Å². The molecule has 0 bridgehead atoms. The molecule has 14 heavy (non-hydrogen) atoms. The van der Waals surface area contributed by atoms with Crippen molar-refractivity contribution < 1.29 is 0 Å². The van der Waals surface area contributed by atoms with E-state index in [0.29, 0.717) is 6.04 Å². The van der Waals surface area contributed by atoms with Crippen LogP contribution in [0.2, 0.25) is 0 Å². The van der Waals surface area contributed by atoms with Crippen LogP contribution >= 0.6 is 0 Å². The van der Waals surface area contributed by atoms with Gasteiger partial charge < -0.3 is 5.32 Å². The first-order valence-electron chi connectivity index (χ1n) is 5.76. The Morgan fingerprint density at radius 3 is 2.57 bits per heavy atom. The van der Waals surface area contributed by atoms with Crippen LogP contribution in [0.5, 0.6) is 0 Å². The maximum atomic E-state index is 9.04. The van der Waals surface area contributed by atoms with E-state index in [9.17, 15) is 0 Å². The van der Waals surface area contributed by atoms with Crippen molar-refractivity contribution >= 4 is 0 Å². The molecule has 0 aliphatic heterocycles. The van der Waals surface area contributed by atoms with Gasteiger partial charge in [0.2, 0.25) is 0 Å². The first-order valence-corrected chi connectivity index (χ1v) is 5.76. The summed E-state index contributed by atoms with van der Waals surface area (Å²) in [5.41, 5.74) is 0.178. The molecule has 2 nitrogen and oxygen atoms in total. The Morgan fingerprint density at radius 1 is 1.36 bits per heavy atom. The van der Waals surface area contributed by atoms with Crippen LogP contribution < -0.4 is 5.32 Å². The number of rotatable bonds is 3. The summed E-state index contributed by atoms with van der Waals surface area (Å²) in [6.07, 6.45) is 5.86. The minimum atomic E-state index is 0.178. The molecule has 1 rings (SSSR count). The van der Waals surface area contributed by atoms with E-state index in [1.807, 2.05) is 0 Å². The van der Waals surface area contributed by atoms with Gasteiger partial charge in [-0.1, -0.05) is 19.8 Å². The van der Waals surface area contributed by atoms with Gasteiger partial charge in [-0.3, -0.25) is 0 Å². The Hall–Kier alpha value is -0.550. The van der Waals surface area contributed by atoms with Crippen LogP contribution in [-0.2, 0) is 0 Å². The standard InChI is InChI=1S/C12H22N2/c1-4-12(2,3)14-11-8-6-5-7-10(11)9-13/h10-11,14H,4-8H2,1-3H3. The van der Waals surface area contributed by atoms with Crippen molar-refractivity contribution in [1.29, 1.82) is 5.26 Å². The predicted octanol–water partition coefficient (Wildman–Crippen LogP) is 2.85. The fourth-order valence-electron chi connectivity index (χ4n) is 2.06. The van der Waals surface area contributed by atoms with E-state index in [0.717, 1.165) is 12.8 Å². The molecule has 0 amide bonds. The highest BCUT2D eigenvalue weighted by Crippen LogP contribution is 2.26. The summed E-state index contributed by atoms with van der Waals surface area (Å²) in [4.78, 5) is 0. The molecule has 1 N–H and O–H groups in total. The summed E-state index contributed by atoms with van der Waals surface area (Å²) < 4.78 is 0. The minimum absolute atomic E-state index is 0.178. The van der Waals surface area contributed by atoms with Crippen LogP contribution in [-0.4, -0.2) is 11.6 Å². The number of hydrogen-bond acceptors (Lipinski definition) is 2. The van der Waals surface area contributed by atoms with Gasteiger partial charge in [0.05, 0.1) is 12.0 Å². The molecule has 2 heteroatoms. The van der Waals surface area contributed by atoms with Crippen LogP contribution in [0, 0.1) is 17.2 Å². The Labute approximate surface area is 87.7 Å². The van der Waals surface area contributed by atoms with Crippen molar-refractivity contribution in [1.82, 2.24) is 5.32 Å². The average Bonchev–Trinajstić information content (AvgIpc) is 2.18. The molecule has 1 aliphatic carbocycles. The highest BCUT2D eigenvalue weighted by Gasteiger charge is 2.28. The molecular formula is C12H22N2. The number of nitrogens with zero attached hydrogens (tertiary/aromatic N) is 1. The normalized spacial score (nSPS) is 28.4. The average molecular weight is 194 g/mol. The maximum Gasteiger partial charge on any atom is 0.0672 e. The van der Waals surface area contributed by atoms with E-state index in [1.54, 1.807) is 0 Å². The van der Waals surface area contributed by atoms with Gasteiger partial charge in [-0.2, -0.15) is 5.26 Å². The summed E-state index contributed by atoms with van der Waals surface area (Å²) in [5.74, 6) is 0.231. The molecule has 80 valence electrons. The van der Waals surface area contributed by atoms with E-state index < -0.39 is 0 Å². The van der Waals surface area contributed by atoms with Crippen LogP contribution in [0.15, 0.2) is 0 Å². The van der Waals surface area contributed by atoms with Crippen molar-refractivity contribution in [3.8, 4) is 6.07 Å². The second-order valence-electron chi connectivity index (χ2n) is 5.01. The molecule has 0 saturated heterocycles. The highest BCUT2D eigenvalue weighted by atomic mass is 15.0. The second-order valence-corrected chi connectivity index (χ2v) is 5.01. The van der Waals surface area contributed by atoms with Crippen LogP contribution in [0.3, 0.4) is 0 Å². The van der Waals surface area contributed by atoms with Crippen molar-refractivity contribution in [3.05, 3.63) is 0 Å². The Balaban J connectivity index is 2.53. The lowest BCUT2D eigenvalue weighted by molar-refractivity contribution is 0.238. The van der Waals surface area contributed by atoms with Crippen molar-refractivity contribution in [3.63, 3.8) is 0 Å². The molecule has 1 aliphatic rings. The zero-order valence-corrected chi connectivity index (χ0v) is 9.64. The topological polar surface area (TPSA) is 35.8 Å². The fraction of sp³-hybridized carbons (Fsp3) is 0.917. The van der Waals surface area contributed by atoms with Crippen molar-refractivity contribution in [2.45, 2.75) is 64.5 Å². The van der Waals surface area contributed by atoms with Crippen LogP contribution in [0.4, 0.5) is 0 Å². The van der Waals surface area contributed by atoms with Gasteiger partial charge >= 0.3 is 0 Å². The van der Waals surface area contributed by atoms with Gasteiger partial charge in [-0.05, 0) is 33.1 Å². The Bertz CT molecular complexity index is 215. The van der Waals surface area contributed by atoms with Crippen LogP contribution in [0.25, 0.3) is 0 Å². The number of nitrogens with one attached hydrogen (secondary N) is 1. The van der Waals surface area contributed by atoms with Gasteiger partial charge in [0.25, 0.3) is 0 Å². The molecule has 0 aromatic heterocycles. The third-order valence-electron chi connectivity index (χ3n) is 3.39. The third-order valence-corrected chi connectivity index (χ3v) is 3.39. The lowest BCUT2D eigenvalue weighted by Crippen LogP contribution is -2.49. The smallest absolute Gasteiger partial charge is 0.0672 e. The summed E-state index contributed by atoms with van der Waals surface area (Å²) in [6, 6.07) is 2.86. The van der Waals surface area contributed by atoms with E-state index in [1.165, 1.54) is 19.3 Å². The SMILES string of the molecule is CCC(C)(C)NC1CCCCC1C#N. The van der Waals surface area contributed by atoms with Gasteiger partial charge in [-0.15, -0.1) is 0 Å². The van der Waals surface area contributed by atoms with Crippen molar-refractivity contribution in [2.24, 2.45) is 5.92 Å². The number of hydrogen-bond donors (Lipinski definition) is 1. The third kappa shape index (κ3) is 2.99. The summed E-state index contributed by atoms with van der Waals surface area (Å²) >= 11 is 0. The molecule has 0 aromatic rings. The second kappa shape index (κ2) is 4.79. The molecule has 0 heterocycles. The highest BCUT2D eigenvalue weighted by molar-refractivity contribution is 4.97. The summed E-state index contributed by atoms with van der Waals surface area (Å²) in [6.45, 7) is 6.63. The van der Waals surface area contributed by atoms with E-state index >= 15 is 0 Å². The van der Waals surface area contributed by atoms with E-state index in [-0.39, 0.29) is 11.5 Å². The van der Waals surface area contributed by atoms with Gasteiger partial charge in [0.1, 0.15) is 0 Å². The fourth-order valence-corrected chi connectivity index (χ4v) is 2.06. The van der Waals surface area contributed by atoms with Gasteiger partial charge in [0.15, 0.2) is 0 Å². The number of nitriles is 1. The lowest BCUT2D eigenvalue weighted by atomic mass is 9.83. The lowest BCUT2D eigenvalue weighted by Gasteiger charge is -2.35. The summed E-state index contributed by atoms with van der Waals surface area (Å²) in [5, 5.41) is 12.7. The van der Waals surface area contributed by atoms with Crippen LogP contribution in [0.1, 0.15) is 52.9 Å². The summed E-state index contributed by atoms with van der Waals surface area (Å²) in [7, 11) is 0. The monoisotopic (exact) mass is 194 g/mol. The zero-order valence-electron chi connectivity index (χ0n) is 9.64. The zero-order chi connectivity index (χ0) is 10.6. The predicted molar refractivity (Wildman–Crippen MR) is 58.9 cm³/mol. The molecule has 0 aromatic carbocycles. The maximum absolute atomic E-state index is 9.04. The Kier molecular flexibility index (Phi) is 3.95. The largest absolute Gasteiger partial charge is 0.308 e. The molecular weight excluding hydrogens is 172 g/mol. The van der Waals surface area contributed by atoms with Crippen molar-refractivity contribution in [2.75, 3.05) is 0 Å². The van der Waals surface area contributed by atoms with Gasteiger partial charge in [0, 0.05) is 11.6 Å². The van der Waals surface area contributed by atoms with Gasteiger partial charge in [-0.25, -0.2) is 0 Å². The first-order chi connectivity index (χ1) is 6.59. The first kappa shape index (κ1) is 11.5. The quantitative estimate of drug-likeness (QED) is 0.750. The minimum Gasteiger partial charge on any atom is -0.308 e. The molecule has 2 unspecified atom stereocenters. The molecule has 1 saturated carbocycles. The molecule has 0 spiro atoms. The van der Waals surface area contributed by atoms with E-state index in [4.69, 9.17) is 5.26 Å². The molecule has 1 fully saturated rings. The molecule has 2 atom stereocenters. The Morgan fingerprint density at radius 2 is 2.00 bits per heavy atom.